The molecule has 0 saturated carbocycles. The Labute approximate surface area is 154 Å². The van der Waals surface area contributed by atoms with Crippen molar-refractivity contribution in [2.24, 2.45) is 0 Å². The molecule has 0 amide bonds. The van der Waals surface area contributed by atoms with Gasteiger partial charge in [-0.3, -0.25) is 4.90 Å². The molecule has 6 heteroatoms. The standard InChI is InChI=1S/C20H25N3O3/c1-15-7-9-21-19(22-15)26-18-8-10-25-20(11-18)13-23(14-20)12-16-3-5-17(24-2)6-4-16/h3-7,9,18H,8,10-14H2,1-2H3/t18-/m0/s1. The Balaban J connectivity index is 1.31. The van der Waals surface area contributed by atoms with Gasteiger partial charge >= 0.3 is 6.01 Å². The molecule has 0 bridgehead atoms. The number of hydrogen-bond acceptors (Lipinski definition) is 6. The average molecular weight is 355 g/mol. The molecule has 2 aromatic rings. The van der Waals surface area contributed by atoms with Gasteiger partial charge in [-0.2, -0.15) is 0 Å². The molecule has 1 spiro atoms. The van der Waals surface area contributed by atoms with Crippen LogP contribution in [0.3, 0.4) is 0 Å². The Bertz CT molecular complexity index is 744. The van der Waals surface area contributed by atoms with Gasteiger partial charge in [0.15, 0.2) is 0 Å². The van der Waals surface area contributed by atoms with Crippen molar-refractivity contribution in [1.29, 1.82) is 0 Å². The minimum atomic E-state index is -0.0841. The van der Waals surface area contributed by atoms with Crippen LogP contribution in [0.5, 0.6) is 11.8 Å². The molecule has 3 heterocycles. The van der Waals surface area contributed by atoms with Gasteiger partial charge in [0.05, 0.1) is 19.3 Å². The lowest BCUT2D eigenvalue weighted by Gasteiger charge is -2.53. The van der Waals surface area contributed by atoms with E-state index in [9.17, 15) is 0 Å². The van der Waals surface area contributed by atoms with Crippen molar-refractivity contribution in [3.8, 4) is 11.8 Å². The smallest absolute Gasteiger partial charge is 0.316 e. The highest BCUT2D eigenvalue weighted by Gasteiger charge is 2.48. The highest BCUT2D eigenvalue weighted by Crippen LogP contribution is 2.36. The fourth-order valence-corrected chi connectivity index (χ4v) is 3.81. The van der Waals surface area contributed by atoms with Gasteiger partial charge in [0, 0.05) is 44.4 Å². The molecule has 0 unspecified atom stereocenters. The van der Waals surface area contributed by atoms with Crippen LogP contribution < -0.4 is 9.47 Å². The number of rotatable bonds is 5. The van der Waals surface area contributed by atoms with E-state index in [1.165, 1.54) is 5.56 Å². The summed E-state index contributed by atoms with van der Waals surface area (Å²) in [6.45, 7) is 5.48. The summed E-state index contributed by atoms with van der Waals surface area (Å²) in [5.74, 6) is 0.891. The van der Waals surface area contributed by atoms with Crippen molar-refractivity contribution in [2.45, 2.75) is 38.0 Å². The first kappa shape index (κ1) is 17.2. The van der Waals surface area contributed by atoms with E-state index in [-0.39, 0.29) is 11.7 Å². The van der Waals surface area contributed by atoms with Crippen LogP contribution in [0.15, 0.2) is 36.5 Å². The highest BCUT2D eigenvalue weighted by molar-refractivity contribution is 5.27. The molecule has 6 nitrogen and oxygen atoms in total. The van der Waals surface area contributed by atoms with E-state index in [0.717, 1.165) is 50.5 Å². The Kier molecular flexibility index (Phi) is 4.78. The molecule has 1 aromatic carbocycles. The molecular weight excluding hydrogens is 330 g/mol. The molecule has 26 heavy (non-hydrogen) atoms. The Morgan fingerprint density at radius 1 is 1.23 bits per heavy atom. The van der Waals surface area contributed by atoms with E-state index in [4.69, 9.17) is 14.2 Å². The van der Waals surface area contributed by atoms with Crippen molar-refractivity contribution in [2.75, 3.05) is 26.8 Å². The molecule has 2 aliphatic heterocycles. The molecule has 138 valence electrons. The van der Waals surface area contributed by atoms with Gasteiger partial charge < -0.3 is 14.2 Å². The quantitative estimate of drug-likeness (QED) is 0.822. The van der Waals surface area contributed by atoms with Gasteiger partial charge in [0.25, 0.3) is 0 Å². The summed E-state index contributed by atoms with van der Waals surface area (Å²) in [6, 6.07) is 10.6. The van der Waals surface area contributed by atoms with Crippen molar-refractivity contribution in [3.05, 3.63) is 47.8 Å². The van der Waals surface area contributed by atoms with Gasteiger partial charge in [-0.05, 0) is 30.7 Å². The second-order valence-electron chi connectivity index (χ2n) is 7.24. The van der Waals surface area contributed by atoms with Crippen molar-refractivity contribution < 1.29 is 14.2 Å². The number of nitrogens with zero attached hydrogens (tertiary/aromatic N) is 3. The maximum atomic E-state index is 6.12. The summed E-state index contributed by atoms with van der Waals surface area (Å²) in [6.07, 6.45) is 3.64. The fraction of sp³-hybridized carbons (Fsp3) is 0.500. The van der Waals surface area contributed by atoms with E-state index >= 15 is 0 Å². The van der Waals surface area contributed by atoms with E-state index in [0.29, 0.717) is 6.01 Å². The lowest BCUT2D eigenvalue weighted by Crippen LogP contribution is -2.65. The number of likely N-dealkylation sites (tertiary alicyclic amines) is 1. The van der Waals surface area contributed by atoms with Gasteiger partial charge in [-0.15, -0.1) is 0 Å². The zero-order valence-corrected chi connectivity index (χ0v) is 15.4. The second kappa shape index (κ2) is 7.21. The van der Waals surface area contributed by atoms with E-state index < -0.39 is 0 Å². The van der Waals surface area contributed by atoms with Crippen LogP contribution in [0.4, 0.5) is 0 Å². The minimum Gasteiger partial charge on any atom is -0.497 e. The predicted molar refractivity (Wildman–Crippen MR) is 97.4 cm³/mol. The maximum Gasteiger partial charge on any atom is 0.316 e. The molecule has 4 rings (SSSR count). The molecule has 0 radical (unpaired) electrons. The molecule has 0 N–H and O–H groups in total. The van der Waals surface area contributed by atoms with E-state index in [1.54, 1.807) is 13.3 Å². The van der Waals surface area contributed by atoms with Crippen LogP contribution in [0, 0.1) is 6.92 Å². The van der Waals surface area contributed by atoms with Crippen LogP contribution in [-0.4, -0.2) is 53.4 Å². The van der Waals surface area contributed by atoms with Gasteiger partial charge in [-0.1, -0.05) is 12.1 Å². The monoisotopic (exact) mass is 355 g/mol. The zero-order valence-electron chi connectivity index (χ0n) is 15.4. The van der Waals surface area contributed by atoms with Crippen molar-refractivity contribution >= 4 is 0 Å². The topological polar surface area (TPSA) is 56.7 Å². The fourth-order valence-electron chi connectivity index (χ4n) is 3.81. The SMILES string of the molecule is COc1ccc(CN2CC3(C[C@@H](Oc4nccc(C)n4)CCO3)C2)cc1. The van der Waals surface area contributed by atoms with Crippen LogP contribution in [0.25, 0.3) is 0 Å². The van der Waals surface area contributed by atoms with Crippen LogP contribution in [0.2, 0.25) is 0 Å². The summed E-state index contributed by atoms with van der Waals surface area (Å²) < 4.78 is 17.3. The zero-order chi connectivity index (χ0) is 18.0. The lowest BCUT2D eigenvalue weighted by molar-refractivity contribution is -0.188. The first-order chi connectivity index (χ1) is 12.6. The number of aromatic nitrogens is 2. The van der Waals surface area contributed by atoms with Crippen LogP contribution in [0.1, 0.15) is 24.1 Å². The summed E-state index contributed by atoms with van der Waals surface area (Å²) >= 11 is 0. The highest BCUT2D eigenvalue weighted by atomic mass is 16.5. The second-order valence-corrected chi connectivity index (χ2v) is 7.24. The Morgan fingerprint density at radius 2 is 2.04 bits per heavy atom. The summed E-state index contributed by atoms with van der Waals surface area (Å²) in [7, 11) is 1.69. The first-order valence-corrected chi connectivity index (χ1v) is 9.10. The number of hydrogen-bond donors (Lipinski definition) is 0. The number of aryl methyl sites for hydroxylation is 1. The summed E-state index contributed by atoms with van der Waals surface area (Å²) in [4.78, 5) is 11.0. The van der Waals surface area contributed by atoms with Crippen molar-refractivity contribution in [1.82, 2.24) is 14.9 Å². The number of benzene rings is 1. The largest absolute Gasteiger partial charge is 0.497 e. The lowest BCUT2D eigenvalue weighted by atomic mass is 9.84. The predicted octanol–water partition coefficient (Wildman–Crippen LogP) is 2.61. The molecular formula is C20H25N3O3. The molecule has 2 aliphatic rings. The van der Waals surface area contributed by atoms with E-state index in [1.807, 2.05) is 25.1 Å². The molecule has 1 atom stereocenters. The third-order valence-corrected chi connectivity index (χ3v) is 5.08. The van der Waals surface area contributed by atoms with Gasteiger partial charge in [-0.25, -0.2) is 9.97 Å². The third-order valence-electron chi connectivity index (χ3n) is 5.08. The van der Waals surface area contributed by atoms with Gasteiger partial charge in [0.2, 0.25) is 0 Å². The Morgan fingerprint density at radius 3 is 2.77 bits per heavy atom. The summed E-state index contributed by atoms with van der Waals surface area (Å²) in [5.41, 5.74) is 2.13. The number of ether oxygens (including phenoxy) is 3. The normalized spacial score (nSPS) is 22.0. The van der Waals surface area contributed by atoms with E-state index in [2.05, 4.69) is 27.0 Å². The van der Waals surface area contributed by atoms with Gasteiger partial charge in [0.1, 0.15) is 11.9 Å². The Hall–Kier alpha value is -2.18. The van der Waals surface area contributed by atoms with Crippen LogP contribution in [-0.2, 0) is 11.3 Å². The third kappa shape index (κ3) is 3.81. The minimum absolute atomic E-state index is 0.0841. The molecule has 2 fully saturated rings. The summed E-state index contributed by atoms with van der Waals surface area (Å²) in [5, 5.41) is 0. The molecule has 1 aromatic heterocycles. The number of methoxy groups -OCH3 is 1. The molecule has 2 saturated heterocycles. The maximum absolute atomic E-state index is 6.12. The average Bonchev–Trinajstić information content (AvgIpc) is 2.61. The molecule has 0 aliphatic carbocycles. The first-order valence-electron chi connectivity index (χ1n) is 9.10. The van der Waals surface area contributed by atoms with Crippen LogP contribution >= 0.6 is 0 Å². The van der Waals surface area contributed by atoms with Crippen molar-refractivity contribution in [3.63, 3.8) is 0 Å².